The quantitative estimate of drug-likeness (QED) is 0.375. The van der Waals surface area contributed by atoms with E-state index in [0.717, 1.165) is 0 Å². The number of hydrogen-bond donors (Lipinski definition) is 2. The molecule has 31 heavy (non-hydrogen) atoms. The van der Waals surface area contributed by atoms with E-state index >= 15 is 0 Å². The summed E-state index contributed by atoms with van der Waals surface area (Å²) in [4.78, 5) is 40.6. The van der Waals surface area contributed by atoms with E-state index in [2.05, 4.69) is 4.98 Å². The molecule has 0 bridgehead atoms. The van der Waals surface area contributed by atoms with Crippen molar-refractivity contribution < 1.29 is 23.8 Å². The number of H-pyrrole nitrogens is 1. The van der Waals surface area contributed by atoms with Crippen molar-refractivity contribution in [2.75, 3.05) is 14.2 Å². The molecular weight excluding hydrogens is 402 g/mol. The number of rotatable bonds is 5. The van der Waals surface area contributed by atoms with Crippen LogP contribution in [-0.4, -0.2) is 30.3 Å². The molecule has 1 atom stereocenters. The summed E-state index contributed by atoms with van der Waals surface area (Å²) >= 11 is 0. The van der Waals surface area contributed by atoms with E-state index in [4.69, 9.17) is 13.9 Å². The number of carbonyl (C=O) groups is 1. The first kappa shape index (κ1) is 20.2. The molecule has 0 unspecified atom stereocenters. The first-order valence-electron chi connectivity index (χ1n) is 9.45. The summed E-state index contributed by atoms with van der Waals surface area (Å²) in [5, 5.41) is 11.8. The molecule has 0 aliphatic heterocycles. The van der Waals surface area contributed by atoms with Gasteiger partial charge in [0.05, 0.1) is 31.6 Å². The number of fused-ring (bicyclic) bond motifs is 2. The first-order valence-corrected chi connectivity index (χ1v) is 9.45. The predicted octanol–water partition coefficient (Wildman–Crippen LogP) is 3.04. The topological polar surface area (TPSA) is 119 Å². The normalized spacial score (nSPS) is 12.1. The minimum Gasteiger partial charge on any atom is -0.507 e. The third kappa shape index (κ3) is 3.63. The van der Waals surface area contributed by atoms with Crippen LogP contribution in [0.25, 0.3) is 21.9 Å². The monoisotopic (exact) mass is 421 g/mol. The summed E-state index contributed by atoms with van der Waals surface area (Å²) in [5.41, 5.74) is -0.654. The van der Waals surface area contributed by atoms with E-state index in [0.29, 0.717) is 22.0 Å². The molecule has 4 rings (SSSR count). The van der Waals surface area contributed by atoms with Gasteiger partial charge in [0.1, 0.15) is 17.1 Å². The van der Waals surface area contributed by atoms with Gasteiger partial charge in [-0.3, -0.25) is 9.59 Å². The molecule has 8 heteroatoms. The minimum atomic E-state index is -1.09. The van der Waals surface area contributed by atoms with Crippen LogP contribution >= 0.6 is 0 Å². The van der Waals surface area contributed by atoms with Crippen LogP contribution in [0.3, 0.4) is 0 Å². The zero-order chi connectivity index (χ0) is 22.1. The molecule has 158 valence electrons. The fourth-order valence-corrected chi connectivity index (χ4v) is 3.66. The van der Waals surface area contributed by atoms with Crippen LogP contribution in [-0.2, 0) is 9.53 Å². The zero-order valence-electron chi connectivity index (χ0n) is 16.8. The van der Waals surface area contributed by atoms with Gasteiger partial charge in [-0.15, -0.1) is 0 Å². The first-order chi connectivity index (χ1) is 14.9. The lowest BCUT2D eigenvalue weighted by Crippen LogP contribution is -2.24. The number of ether oxygens (including phenoxy) is 2. The Bertz CT molecular complexity index is 1420. The Balaban J connectivity index is 2.00. The second-order valence-corrected chi connectivity index (χ2v) is 6.99. The Morgan fingerprint density at radius 2 is 1.90 bits per heavy atom. The van der Waals surface area contributed by atoms with Crippen molar-refractivity contribution in [3.8, 4) is 11.5 Å². The van der Waals surface area contributed by atoms with Crippen LogP contribution in [0, 0.1) is 0 Å². The number of para-hydroxylation sites is 1. The molecule has 8 nitrogen and oxygen atoms in total. The number of methoxy groups -OCH3 is 2. The highest BCUT2D eigenvalue weighted by Crippen LogP contribution is 2.36. The number of benzene rings is 2. The number of nitrogens with one attached hydrogen (secondary N) is 1. The standard InChI is InChI=1S/C23H19NO7/c1-29-13-7-8-17-12(9-13)10-16(22(27)24-17)15(11-19(25)30-2)20-21(26)14-5-3-4-6-18(14)31-23(20)28/h3-10,15,26H,11H2,1-2H3,(H,24,27)/t15-/m0/s1. The van der Waals surface area contributed by atoms with Gasteiger partial charge >= 0.3 is 11.6 Å². The lowest BCUT2D eigenvalue weighted by atomic mass is 9.88. The highest BCUT2D eigenvalue weighted by Gasteiger charge is 2.29. The van der Waals surface area contributed by atoms with Gasteiger partial charge in [0.2, 0.25) is 0 Å². The number of esters is 1. The van der Waals surface area contributed by atoms with E-state index in [1.807, 2.05) is 0 Å². The molecule has 2 aromatic carbocycles. The van der Waals surface area contributed by atoms with Crippen molar-refractivity contribution >= 4 is 27.8 Å². The maximum atomic E-state index is 12.9. The molecule has 2 heterocycles. The van der Waals surface area contributed by atoms with Crippen LogP contribution in [0.1, 0.15) is 23.5 Å². The number of carbonyl (C=O) groups excluding carboxylic acids is 1. The van der Waals surface area contributed by atoms with Gasteiger partial charge in [-0.1, -0.05) is 12.1 Å². The van der Waals surface area contributed by atoms with Crippen LogP contribution in [0.4, 0.5) is 0 Å². The van der Waals surface area contributed by atoms with Crippen molar-refractivity contribution in [2.45, 2.75) is 12.3 Å². The average molecular weight is 421 g/mol. The summed E-state index contributed by atoms with van der Waals surface area (Å²) in [5.74, 6) is -1.51. The number of hydrogen-bond acceptors (Lipinski definition) is 7. The molecule has 0 aliphatic rings. The molecule has 0 saturated heterocycles. The molecule has 4 aromatic rings. The van der Waals surface area contributed by atoms with Crippen molar-refractivity contribution in [1.82, 2.24) is 4.98 Å². The van der Waals surface area contributed by atoms with E-state index < -0.39 is 23.1 Å². The van der Waals surface area contributed by atoms with Gasteiger partial charge < -0.3 is 24.0 Å². The number of aromatic hydroxyl groups is 1. The Morgan fingerprint density at radius 3 is 2.65 bits per heavy atom. The van der Waals surface area contributed by atoms with E-state index in [9.17, 15) is 19.5 Å². The Hall–Kier alpha value is -4.07. The molecule has 0 spiro atoms. The van der Waals surface area contributed by atoms with Gasteiger partial charge in [0.15, 0.2) is 0 Å². The van der Waals surface area contributed by atoms with Crippen molar-refractivity contribution in [2.24, 2.45) is 0 Å². The molecule has 0 aliphatic carbocycles. The predicted molar refractivity (Wildman–Crippen MR) is 114 cm³/mol. The van der Waals surface area contributed by atoms with Gasteiger partial charge in [0, 0.05) is 22.4 Å². The van der Waals surface area contributed by atoms with Crippen molar-refractivity contribution in [1.29, 1.82) is 0 Å². The fourth-order valence-electron chi connectivity index (χ4n) is 3.66. The van der Waals surface area contributed by atoms with Crippen LogP contribution in [0.2, 0.25) is 0 Å². The number of aromatic amines is 1. The van der Waals surface area contributed by atoms with E-state index in [1.54, 1.807) is 48.5 Å². The average Bonchev–Trinajstić information content (AvgIpc) is 2.77. The lowest BCUT2D eigenvalue weighted by molar-refractivity contribution is -0.140. The van der Waals surface area contributed by atoms with Gasteiger partial charge in [-0.05, 0) is 36.4 Å². The Morgan fingerprint density at radius 1 is 1.13 bits per heavy atom. The largest absolute Gasteiger partial charge is 0.507 e. The van der Waals surface area contributed by atoms with Crippen LogP contribution < -0.4 is 15.9 Å². The van der Waals surface area contributed by atoms with Gasteiger partial charge in [-0.2, -0.15) is 0 Å². The summed E-state index contributed by atoms with van der Waals surface area (Å²) in [6.45, 7) is 0. The number of pyridine rings is 1. The Labute approximate surface area is 175 Å². The third-order valence-corrected chi connectivity index (χ3v) is 5.22. The SMILES string of the molecule is COC(=O)C[C@@H](c1cc2cc(OC)ccc2[nH]c1=O)c1c(O)c2ccccc2oc1=O. The second-order valence-electron chi connectivity index (χ2n) is 6.99. The summed E-state index contributed by atoms with van der Waals surface area (Å²) in [6.07, 6.45) is -0.342. The summed E-state index contributed by atoms with van der Waals surface area (Å²) < 4.78 is 15.4. The molecule has 2 N–H and O–H groups in total. The van der Waals surface area contributed by atoms with Crippen molar-refractivity contribution in [3.05, 3.63) is 80.4 Å². The maximum absolute atomic E-state index is 12.9. The highest BCUT2D eigenvalue weighted by atomic mass is 16.5. The molecule has 0 fully saturated rings. The third-order valence-electron chi connectivity index (χ3n) is 5.22. The smallest absolute Gasteiger partial charge is 0.343 e. The van der Waals surface area contributed by atoms with E-state index in [1.165, 1.54) is 14.2 Å². The maximum Gasteiger partial charge on any atom is 0.343 e. The fraction of sp³-hybridized carbons (Fsp3) is 0.174. The molecule has 2 aromatic heterocycles. The van der Waals surface area contributed by atoms with Crippen LogP contribution in [0.15, 0.2) is 62.5 Å². The molecule has 0 radical (unpaired) electrons. The van der Waals surface area contributed by atoms with Crippen LogP contribution in [0.5, 0.6) is 11.5 Å². The van der Waals surface area contributed by atoms with E-state index in [-0.39, 0.29) is 28.9 Å². The summed E-state index contributed by atoms with van der Waals surface area (Å²) in [6, 6.07) is 13.1. The highest BCUT2D eigenvalue weighted by molar-refractivity contribution is 5.85. The summed E-state index contributed by atoms with van der Waals surface area (Å²) in [7, 11) is 2.73. The molecular formula is C23H19NO7. The lowest BCUT2D eigenvalue weighted by Gasteiger charge is -2.17. The van der Waals surface area contributed by atoms with Gasteiger partial charge in [-0.25, -0.2) is 4.79 Å². The Kier molecular flexibility index (Phi) is 5.21. The number of aromatic nitrogens is 1. The second kappa shape index (κ2) is 7.98. The van der Waals surface area contributed by atoms with Crippen molar-refractivity contribution in [3.63, 3.8) is 0 Å². The van der Waals surface area contributed by atoms with Gasteiger partial charge in [0.25, 0.3) is 5.56 Å². The molecule has 0 amide bonds. The zero-order valence-corrected chi connectivity index (χ0v) is 16.8. The minimum absolute atomic E-state index is 0.115. The molecule has 0 saturated carbocycles.